The molecule has 0 atom stereocenters. The molecule has 0 aliphatic heterocycles. The number of hydrogen-bond donors (Lipinski definition) is 0. The van der Waals surface area contributed by atoms with Crippen molar-refractivity contribution < 1.29 is 8.08 Å². The van der Waals surface area contributed by atoms with E-state index in [9.17, 15) is 3.38 Å². The van der Waals surface area contributed by atoms with E-state index in [1.165, 1.54) is 0 Å². The van der Waals surface area contributed by atoms with Crippen molar-refractivity contribution >= 4 is 25.9 Å². The summed E-state index contributed by atoms with van der Waals surface area (Å²) in [6.07, 6.45) is 0. The predicted octanol–water partition coefficient (Wildman–Crippen LogP) is -0.728. The van der Waals surface area contributed by atoms with Gasteiger partial charge in [-0.1, -0.05) is 0 Å². The Bertz CT molecular complexity index is 8.00. The molecule has 0 bridgehead atoms. The molecule has 0 aliphatic carbocycles. The first-order chi connectivity index (χ1) is 2.00. The van der Waals surface area contributed by atoms with Gasteiger partial charge in [-0.25, -0.2) is 0 Å². The average Bonchev–Trinajstić information content (AvgIpc) is 1.50. The predicted molar refractivity (Wildman–Crippen MR) is 14.7 cm³/mol. The van der Waals surface area contributed by atoms with E-state index in [4.69, 9.17) is 4.70 Å². The van der Waals surface area contributed by atoms with Gasteiger partial charge >= 0.3 is 34.0 Å². The van der Waals surface area contributed by atoms with Crippen molar-refractivity contribution in [1.82, 2.24) is 0 Å². The molecule has 0 aliphatic rings. The molecule has 0 heterocycles. The molecule has 0 saturated heterocycles. The summed E-state index contributed by atoms with van der Waals surface area (Å²) in [5, 5.41) is 0. The minimum atomic E-state index is 0.500. The number of halogens is 1. The zero-order valence-corrected chi connectivity index (χ0v) is 2.49. The zero-order valence-electron chi connectivity index (χ0n) is 2.49. The van der Waals surface area contributed by atoms with E-state index >= 15 is 0 Å². The van der Waals surface area contributed by atoms with Crippen molar-refractivity contribution in [2.24, 2.45) is 0 Å². The Morgan fingerprint density at radius 2 is 1.50 bits per heavy atom. The molecule has 0 fully saturated rings. The fourth-order valence-electron chi connectivity index (χ4n) is 0. The molecule has 0 amide bonds. The molecular weight excluding hydrogens is 52.8 g/mol. The van der Waals surface area contributed by atoms with Crippen molar-refractivity contribution in [1.29, 1.82) is 0 Å². The first-order valence-electron chi connectivity index (χ1n) is 0.667. The third-order valence-corrected chi connectivity index (χ3v) is 0. The van der Waals surface area contributed by atoms with Crippen molar-refractivity contribution in [3.05, 3.63) is 0 Å². The summed E-state index contributed by atoms with van der Waals surface area (Å²) in [7, 11) is 2.00. The van der Waals surface area contributed by atoms with E-state index in [0.717, 1.165) is 0 Å². The van der Waals surface area contributed by atoms with Gasteiger partial charge in [0, 0.05) is 0 Å². The van der Waals surface area contributed by atoms with E-state index in [2.05, 4.69) is 0 Å². The van der Waals surface area contributed by atoms with Crippen LogP contribution in [0.2, 0.25) is 0 Å². The summed E-state index contributed by atoms with van der Waals surface area (Å²) in [5.74, 6) is 0. The average molecular weight is 53.8 g/mol. The van der Waals surface area contributed by atoms with Crippen LogP contribution in [0.1, 0.15) is 0 Å². The molecule has 0 aromatic rings. The normalized spacial score (nSPS) is 2.50. The molecule has 0 rings (SSSR count). The van der Waals surface area contributed by atoms with Crippen LogP contribution in [0, 0.1) is 0 Å². The van der Waals surface area contributed by atoms with Gasteiger partial charge < -0.3 is 0 Å². The topological polar surface area (TPSA) is 17.1 Å². The summed E-state index contributed by atoms with van der Waals surface area (Å²) < 4.78 is 17.5. The van der Waals surface area contributed by atoms with E-state index in [0.29, 0.717) is 18.2 Å². The fourth-order valence-corrected chi connectivity index (χ4v) is 0. The van der Waals surface area contributed by atoms with Gasteiger partial charge in [-0.2, -0.15) is 0 Å². The van der Waals surface area contributed by atoms with Crippen LogP contribution in [-0.4, -0.2) is 25.9 Å². The Labute approximate surface area is 34.7 Å². The maximum absolute atomic E-state index is 9.50. The summed E-state index contributed by atoms with van der Waals surface area (Å²) in [5.41, 5.74) is 0. The molecule has 0 spiro atoms. The van der Waals surface area contributed by atoms with E-state index in [1.54, 1.807) is 0 Å². The zero-order chi connectivity index (χ0) is 4.00. The van der Waals surface area contributed by atoms with Crippen LogP contribution in [0.3, 0.4) is 0 Å². The molecule has 18 valence electrons. The first-order valence-corrected chi connectivity index (χ1v) is 0.667. The van der Waals surface area contributed by atoms with Gasteiger partial charge in [-0.05, 0) is 0 Å². The van der Waals surface area contributed by atoms with Crippen molar-refractivity contribution in [3.63, 3.8) is 0 Å². The molecular formula is HBFLiO. The summed E-state index contributed by atoms with van der Waals surface area (Å²) >= 11 is 0.500. The van der Waals surface area contributed by atoms with Gasteiger partial charge in [0.1, 0.15) is 0 Å². The maximum atomic E-state index is 9.50. The van der Waals surface area contributed by atoms with E-state index in [-0.39, 0.29) is 0 Å². The molecule has 4 heteroatoms. The summed E-state index contributed by atoms with van der Waals surface area (Å²) in [6.45, 7) is 0. The van der Waals surface area contributed by atoms with Crippen molar-refractivity contribution in [2.75, 3.05) is 0 Å². The molecule has 0 aromatic carbocycles. The van der Waals surface area contributed by atoms with Crippen LogP contribution in [0.25, 0.3) is 0 Å². The van der Waals surface area contributed by atoms with Crippen LogP contribution < -0.4 is 0 Å². The standard InChI is InChI=1S/BHO.FH.Li/c1-2;;/h1H;1H;/q;;+1/p-1. The fraction of sp³-hybridized carbons (Fsp3) is 0. The third kappa shape index (κ3) is 30.1. The van der Waals surface area contributed by atoms with Gasteiger partial charge in [0.05, 0.1) is 0 Å². The first kappa shape index (κ1) is 8.83. The van der Waals surface area contributed by atoms with Gasteiger partial charge in [0.15, 0.2) is 0 Å². The third-order valence-electron chi connectivity index (χ3n) is 0. The van der Waals surface area contributed by atoms with Crippen LogP contribution in [0.5, 0.6) is 0 Å². The Morgan fingerprint density at radius 1 is 1.50 bits per heavy atom. The van der Waals surface area contributed by atoms with Crippen LogP contribution in [0.4, 0.5) is 3.38 Å². The second-order valence-electron chi connectivity index (χ2n) is 0. The summed E-state index contributed by atoms with van der Waals surface area (Å²) in [4.78, 5) is 0. The Morgan fingerprint density at radius 3 is 1.50 bits per heavy atom. The quantitative estimate of drug-likeness (QED) is 0.333. The van der Waals surface area contributed by atoms with Gasteiger partial charge in [-0.3, -0.25) is 0 Å². The monoisotopic (exact) mass is 54.0 g/mol. The molecule has 0 saturated carbocycles. The van der Waals surface area contributed by atoms with Crippen LogP contribution in [0.15, 0.2) is 0 Å². The molecule has 0 radical (unpaired) electrons. The second-order valence-corrected chi connectivity index (χ2v) is 0. The van der Waals surface area contributed by atoms with Gasteiger partial charge in [0.25, 0.3) is 0 Å². The second kappa shape index (κ2) is 126. The molecule has 0 aromatic heterocycles. The van der Waals surface area contributed by atoms with Crippen molar-refractivity contribution in [3.8, 4) is 0 Å². The Kier molecular flexibility index (Phi) is 278. The summed E-state index contributed by atoms with van der Waals surface area (Å²) in [6, 6.07) is 0. The number of rotatable bonds is 0. The van der Waals surface area contributed by atoms with Crippen LogP contribution in [-0.2, 0) is 4.70 Å². The Balaban J connectivity index is 0. The van der Waals surface area contributed by atoms with Gasteiger partial charge in [0.2, 0.25) is 0 Å². The number of hydrogen-bond acceptors (Lipinski definition) is 1. The van der Waals surface area contributed by atoms with Crippen LogP contribution >= 0.6 is 0 Å². The molecule has 0 N–H and O–H groups in total. The molecule has 4 heavy (non-hydrogen) atoms. The Hall–Kier alpha value is 0.392. The van der Waals surface area contributed by atoms with E-state index in [1.807, 2.05) is 7.72 Å². The van der Waals surface area contributed by atoms with E-state index < -0.39 is 0 Å². The molecule has 0 unspecified atom stereocenters. The SMILES string of the molecule is B=O.[Li][F]. The van der Waals surface area contributed by atoms with Crippen molar-refractivity contribution in [2.45, 2.75) is 0 Å². The molecule has 1 nitrogen and oxygen atoms in total. The minimum absolute atomic E-state index is 0.500. The van der Waals surface area contributed by atoms with Gasteiger partial charge in [-0.15, -0.1) is 0 Å².